The summed E-state index contributed by atoms with van der Waals surface area (Å²) in [5, 5.41) is 14.4. The van der Waals surface area contributed by atoms with Crippen molar-refractivity contribution in [3.63, 3.8) is 0 Å². The summed E-state index contributed by atoms with van der Waals surface area (Å²) in [6.45, 7) is 8.25. The van der Waals surface area contributed by atoms with Gasteiger partial charge in [-0.3, -0.25) is 15.0 Å². The van der Waals surface area contributed by atoms with E-state index in [1.807, 2.05) is 64.1 Å². The first kappa shape index (κ1) is 23.3. The van der Waals surface area contributed by atoms with Crippen molar-refractivity contribution >= 4 is 23.5 Å². The number of hydrogen-bond donors (Lipinski definition) is 3. The number of halogens is 1. The van der Waals surface area contributed by atoms with Crippen molar-refractivity contribution in [3.8, 4) is 0 Å². The molecule has 3 rings (SSSR count). The van der Waals surface area contributed by atoms with E-state index >= 15 is 0 Å². The summed E-state index contributed by atoms with van der Waals surface area (Å²) in [5.74, 6) is 0.342. The van der Waals surface area contributed by atoms with Gasteiger partial charge in [0.2, 0.25) is 5.91 Å². The summed E-state index contributed by atoms with van der Waals surface area (Å²) < 4.78 is 0. The fraction of sp³-hybridized carbons (Fsp3) is 0.417. The molecule has 0 radical (unpaired) electrons. The van der Waals surface area contributed by atoms with E-state index in [9.17, 15) is 9.90 Å². The molecule has 3 atom stereocenters. The average molecular weight is 443 g/mol. The van der Waals surface area contributed by atoms with Gasteiger partial charge in [0.1, 0.15) is 6.23 Å². The summed E-state index contributed by atoms with van der Waals surface area (Å²) in [5.41, 5.74) is 8.13. The number of amides is 1. The Labute approximate surface area is 189 Å². The van der Waals surface area contributed by atoms with Crippen molar-refractivity contribution in [2.24, 2.45) is 16.6 Å². The molecule has 0 aliphatic carbocycles. The first-order chi connectivity index (χ1) is 14.6. The van der Waals surface area contributed by atoms with E-state index in [0.717, 1.165) is 11.1 Å². The third-order valence-electron chi connectivity index (χ3n) is 6.04. The van der Waals surface area contributed by atoms with Crippen LogP contribution in [0.3, 0.4) is 0 Å². The SMILES string of the molecule is CC(C)[C@]1(C)CC(=O)N(Cc2cc(Cl)cc(C(O)N[C@@H](C)c3ccccc3)c2)C(N)=N1. The van der Waals surface area contributed by atoms with Crippen LogP contribution in [-0.4, -0.2) is 27.4 Å². The summed E-state index contributed by atoms with van der Waals surface area (Å²) in [6.07, 6.45) is -0.614. The molecule has 31 heavy (non-hydrogen) atoms. The van der Waals surface area contributed by atoms with Crippen LogP contribution in [0.15, 0.2) is 53.5 Å². The third kappa shape index (κ3) is 5.45. The van der Waals surface area contributed by atoms with Crippen molar-refractivity contribution in [2.45, 2.75) is 58.5 Å². The Morgan fingerprint density at radius 3 is 2.48 bits per heavy atom. The summed E-state index contributed by atoms with van der Waals surface area (Å²) in [4.78, 5) is 18.9. The van der Waals surface area contributed by atoms with Crippen LogP contribution in [0.1, 0.15) is 63.1 Å². The number of carbonyl (C=O) groups excluding carboxylic acids is 1. The highest BCUT2D eigenvalue weighted by Gasteiger charge is 2.38. The second kappa shape index (κ2) is 9.39. The van der Waals surface area contributed by atoms with Gasteiger partial charge in [0.05, 0.1) is 18.5 Å². The van der Waals surface area contributed by atoms with Gasteiger partial charge < -0.3 is 10.8 Å². The van der Waals surface area contributed by atoms with Crippen LogP contribution in [0.25, 0.3) is 0 Å². The maximum atomic E-state index is 12.8. The molecule has 0 saturated carbocycles. The molecule has 0 fully saturated rings. The van der Waals surface area contributed by atoms with Crippen LogP contribution in [-0.2, 0) is 11.3 Å². The number of carbonyl (C=O) groups is 1. The monoisotopic (exact) mass is 442 g/mol. The Kier molecular flexibility index (Phi) is 7.04. The second-order valence-corrected chi connectivity index (χ2v) is 9.17. The van der Waals surface area contributed by atoms with Gasteiger partial charge in [-0.2, -0.15) is 0 Å². The van der Waals surface area contributed by atoms with Gasteiger partial charge in [-0.15, -0.1) is 0 Å². The lowest BCUT2D eigenvalue weighted by atomic mass is 9.84. The Bertz CT molecular complexity index is 963. The van der Waals surface area contributed by atoms with E-state index in [0.29, 0.717) is 17.0 Å². The number of hydrogen-bond acceptors (Lipinski definition) is 5. The molecule has 1 aliphatic heterocycles. The molecule has 7 heteroatoms. The van der Waals surface area contributed by atoms with Crippen molar-refractivity contribution in [1.29, 1.82) is 0 Å². The molecule has 0 spiro atoms. The highest BCUT2D eigenvalue weighted by atomic mass is 35.5. The van der Waals surface area contributed by atoms with Gasteiger partial charge in [-0.1, -0.05) is 55.8 Å². The van der Waals surface area contributed by atoms with Gasteiger partial charge in [0.15, 0.2) is 5.96 Å². The van der Waals surface area contributed by atoms with Gasteiger partial charge in [-0.05, 0) is 54.7 Å². The van der Waals surface area contributed by atoms with E-state index in [1.54, 1.807) is 12.1 Å². The first-order valence-electron chi connectivity index (χ1n) is 10.5. The molecule has 1 unspecified atom stereocenters. The molecule has 6 nitrogen and oxygen atoms in total. The number of nitrogens with zero attached hydrogens (tertiary/aromatic N) is 2. The number of aliphatic hydroxyl groups excluding tert-OH is 1. The maximum absolute atomic E-state index is 12.8. The first-order valence-corrected chi connectivity index (χ1v) is 10.9. The lowest BCUT2D eigenvalue weighted by Gasteiger charge is -2.37. The van der Waals surface area contributed by atoms with Gasteiger partial charge in [-0.25, -0.2) is 4.99 Å². The highest BCUT2D eigenvalue weighted by Crippen LogP contribution is 2.31. The number of aliphatic hydroxyl groups is 1. The summed E-state index contributed by atoms with van der Waals surface area (Å²) >= 11 is 6.32. The molecule has 1 amide bonds. The second-order valence-electron chi connectivity index (χ2n) is 8.73. The highest BCUT2D eigenvalue weighted by molar-refractivity contribution is 6.30. The summed E-state index contributed by atoms with van der Waals surface area (Å²) in [7, 11) is 0. The van der Waals surface area contributed by atoms with E-state index in [4.69, 9.17) is 17.3 Å². The fourth-order valence-corrected chi connectivity index (χ4v) is 3.94. The molecule has 0 saturated heterocycles. The Morgan fingerprint density at radius 2 is 1.87 bits per heavy atom. The molecule has 2 aromatic rings. The van der Waals surface area contributed by atoms with Crippen LogP contribution < -0.4 is 11.1 Å². The number of nitrogens with one attached hydrogen (secondary N) is 1. The van der Waals surface area contributed by atoms with Gasteiger partial charge >= 0.3 is 0 Å². The minimum atomic E-state index is -0.917. The minimum absolute atomic E-state index is 0.0567. The number of guanidine groups is 1. The van der Waals surface area contributed by atoms with Crippen LogP contribution in [0.2, 0.25) is 5.02 Å². The summed E-state index contributed by atoms with van der Waals surface area (Å²) in [6, 6.07) is 15.1. The van der Waals surface area contributed by atoms with Crippen molar-refractivity contribution < 1.29 is 9.90 Å². The minimum Gasteiger partial charge on any atom is -0.374 e. The predicted octanol–water partition coefficient (Wildman–Crippen LogP) is 4.14. The number of benzene rings is 2. The largest absolute Gasteiger partial charge is 0.374 e. The molecule has 166 valence electrons. The number of nitrogens with two attached hydrogens (primary N) is 1. The molecule has 4 N–H and O–H groups in total. The molecule has 1 heterocycles. The van der Waals surface area contributed by atoms with E-state index < -0.39 is 11.8 Å². The zero-order chi connectivity index (χ0) is 22.8. The van der Waals surface area contributed by atoms with E-state index in [1.165, 1.54) is 4.90 Å². The molecule has 1 aliphatic rings. The van der Waals surface area contributed by atoms with Gasteiger partial charge in [0, 0.05) is 11.1 Å². The third-order valence-corrected chi connectivity index (χ3v) is 6.26. The van der Waals surface area contributed by atoms with Crippen molar-refractivity contribution in [1.82, 2.24) is 10.2 Å². The quantitative estimate of drug-likeness (QED) is 0.562. The number of rotatable bonds is 7. The molecule has 0 bridgehead atoms. The normalized spacial score (nSPS) is 21.2. The predicted molar refractivity (Wildman–Crippen MR) is 124 cm³/mol. The molecule has 2 aromatic carbocycles. The topological polar surface area (TPSA) is 91.0 Å². The van der Waals surface area contributed by atoms with Crippen LogP contribution in [0.4, 0.5) is 0 Å². The standard InChI is InChI=1S/C24H31ClN4O2/c1-15(2)24(4)13-21(30)29(23(26)28-24)14-17-10-19(12-20(25)11-17)22(31)27-16(3)18-8-6-5-7-9-18/h5-12,15-16,22,27,31H,13-14H2,1-4H3,(H2,26,28)/t16-,22?,24-/m0/s1. The Balaban J connectivity index is 1.77. The van der Waals surface area contributed by atoms with Crippen LogP contribution >= 0.6 is 11.6 Å². The van der Waals surface area contributed by atoms with E-state index in [2.05, 4.69) is 10.3 Å². The van der Waals surface area contributed by atoms with Crippen molar-refractivity contribution in [3.05, 3.63) is 70.2 Å². The Hall–Kier alpha value is -2.41. The maximum Gasteiger partial charge on any atom is 0.232 e. The molecular weight excluding hydrogens is 412 g/mol. The van der Waals surface area contributed by atoms with Crippen LogP contribution in [0.5, 0.6) is 0 Å². The molecule has 0 aromatic heterocycles. The lowest BCUT2D eigenvalue weighted by molar-refractivity contribution is -0.130. The zero-order valence-corrected chi connectivity index (χ0v) is 19.2. The number of aliphatic imine (C=N–C) groups is 1. The molecular formula is C24H31ClN4O2. The Morgan fingerprint density at radius 1 is 1.19 bits per heavy atom. The van der Waals surface area contributed by atoms with E-state index in [-0.39, 0.29) is 30.4 Å². The van der Waals surface area contributed by atoms with Crippen LogP contribution in [0, 0.1) is 5.92 Å². The van der Waals surface area contributed by atoms with Crippen molar-refractivity contribution in [2.75, 3.05) is 0 Å². The average Bonchev–Trinajstić information content (AvgIpc) is 2.71. The zero-order valence-electron chi connectivity index (χ0n) is 18.5. The fourth-order valence-electron chi connectivity index (χ4n) is 3.67. The lowest BCUT2D eigenvalue weighted by Crippen LogP contribution is -2.51. The smallest absolute Gasteiger partial charge is 0.232 e. The van der Waals surface area contributed by atoms with Gasteiger partial charge in [0.25, 0.3) is 0 Å².